The number of anilines is 1. The highest BCUT2D eigenvalue weighted by Gasteiger charge is 2.28. The summed E-state index contributed by atoms with van der Waals surface area (Å²) in [7, 11) is 0. The first-order valence-electron chi connectivity index (χ1n) is 9.82. The number of Topliss-reactive ketones (excluding diaryl/α,β-unsaturated/α-hetero) is 1. The van der Waals surface area contributed by atoms with E-state index >= 15 is 0 Å². The van der Waals surface area contributed by atoms with Crippen molar-refractivity contribution in [3.05, 3.63) is 83.8 Å². The molecular weight excluding hydrogens is 364 g/mol. The van der Waals surface area contributed by atoms with Crippen LogP contribution in [-0.4, -0.2) is 52.3 Å². The Morgan fingerprint density at radius 2 is 1.69 bits per heavy atom. The van der Waals surface area contributed by atoms with Gasteiger partial charge in [0, 0.05) is 45.1 Å². The van der Waals surface area contributed by atoms with Gasteiger partial charge in [0.25, 0.3) is 11.7 Å². The fourth-order valence-electron chi connectivity index (χ4n) is 3.58. The lowest BCUT2D eigenvalue weighted by Gasteiger charge is -2.35. The molecule has 1 aliphatic rings. The Balaban J connectivity index is 1.41. The van der Waals surface area contributed by atoms with Crippen LogP contribution in [0.1, 0.15) is 21.6 Å². The van der Waals surface area contributed by atoms with Crippen molar-refractivity contribution < 1.29 is 9.59 Å². The van der Waals surface area contributed by atoms with Crippen LogP contribution in [0.25, 0.3) is 0 Å². The van der Waals surface area contributed by atoms with Crippen molar-refractivity contribution in [3.63, 3.8) is 0 Å². The average Bonchev–Trinajstić information content (AvgIpc) is 3.23. The van der Waals surface area contributed by atoms with E-state index in [9.17, 15) is 9.59 Å². The molecule has 0 atom stereocenters. The molecule has 0 bridgehead atoms. The van der Waals surface area contributed by atoms with E-state index in [1.165, 1.54) is 5.56 Å². The van der Waals surface area contributed by atoms with Gasteiger partial charge in [-0.05, 0) is 36.8 Å². The lowest BCUT2D eigenvalue weighted by molar-refractivity contribution is -0.126. The van der Waals surface area contributed by atoms with Gasteiger partial charge in [-0.1, -0.05) is 35.9 Å². The van der Waals surface area contributed by atoms with Crippen LogP contribution in [0.4, 0.5) is 5.82 Å². The first-order valence-corrected chi connectivity index (χ1v) is 9.82. The van der Waals surface area contributed by atoms with Gasteiger partial charge >= 0.3 is 0 Å². The van der Waals surface area contributed by atoms with E-state index < -0.39 is 11.7 Å². The number of hydrogen-bond donors (Lipinski definition) is 0. The van der Waals surface area contributed by atoms with Crippen molar-refractivity contribution in [2.75, 3.05) is 31.1 Å². The van der Waals surface area contributed by atoms with Crippen molar-refractivity contribution in [1.82, 2.24) is 14.5 Å². The number of hydrogen-bond acceptors (Lipinski definition) is 4. The van der Waals surface area contributed by atoms with Gasteiger partial charge in [-0.2, -0.15) is 0 Å². The molecule has 0 radical (unpaired) electrons. The molecule has 0 saturated carbocycles. The summed E-state index contributed by atoms with van der Waals surface area (Å²) in [6.07, 6.45) is 3.61. The normalized spacial score (nSPS) is 14.1. The Bertz CT molecular complexity index is 987. The Labute approximate surface area is 170 Å². The molecule has 0 N–H and O–H groups in total. The quantitative estimate of drug-likeness (QED) is 0.498. The molecule has 3 aromatic rings. The highest BCUT2D eigenvalue weighted by atomic mass is 16.2. The summed E-state index contributed by atoms with van der Waals surface area (Å²) in [6.45, 7) is 4.97. The number of benzene rings is 1. The molecule has 1 aromatic carbocycles. The first-order chi connectivity index (χ1) is 14.1. The first kappa shape index (κ1) is 18.9. The van der Waals surface area contributed by atoms with E-state index in [4.69, 9.17) is 0 Å². The Hall–Kier alpha value is -3.41. The second-order valence-corrected chi connectivity index (χ2v) is 7.30. The number of nitrogens with zero attached hydrogens (tertiary/aromatic N) is 4. The number of pyridine rings is 1. The topological polar surface area (TPSA) is 58.4 Å². The van der Waals surface area contributed by atoms with Gasteiger partial charge in [0.1, 0.15) is 5.82 Å². The molecule has 0 spiro atoms. The number of aryl methyl sites for hydroxylation is 1. The lowest BCUT2D eigenvalue weighted by atomic mass is 10.1. The SMILES string of the molecule is Cc1ccc(Cn2cccc2C(=O)C(=O)N2CCN(c3ccccn3)CC2)cc1. The van der Waals surface area contributed by atoms with Gasteiger partial charge in [-0.15, -0.1) is 0 Å². The van der Waals surface area contributed by atoms with Gasteiger partial charge in [0.2, 0.25) is 0 Å². The van der Waals surface area contributed by atoms with Crippen LogP contribution in [0.15, 0.2) is 67.0 Å². The second kappa shape index (κ2) is 8.31. The molecule has 6 heteroatoms. The number of carbonyl (C=O) groups is 2. The molecule has 1 aliphatic heterocycles. The molecule has 148 valence electrons. The van der Waals surface area contributed by atoms with Crippen molar-refractivity contribution in [2.45, 2.75) is 13.5 Å². The van der Waals surface area contributed by atoms with Gasteiger partial charge in [-0.3, -0.25) is 9.59 Å². The summed E-state index contributed by atoms with van der Waals surface area (Å²) < 4.78 is 1.84. The zero-order valence-electron chi connectivity index (χ0n) is 16.5. The molecule has 1 saturated heterocycles. The highest BCUT2D eigenvalue weighted by molar-refractivity contribution is 6.42. The van der Waals surface area contributed by atoms with Crippen LogP contribution < -0.4 is 4.90 Å². The standard InChI is InChI=1S/C23H24N4O2/c1-18-7-9-19(10-8-18)17-27-12-4-5-20(27)22(28)23(29)26-15-13-25(14-16-26)21-6-2-3-11-24-21/h2-12H,13-17H2,1H3. The van der Waals surface area contributed by atoms with Crippen molar-refractivity contribution in [1.29, 1.82) is 0 Å². The van der Waals surface area contributed by atoms with Crippen LogP contribution in [0.3, 0.4) is 0 Å². The molecular formula is C23H24N4O2. The number of aromatic nitrogens is 2. The van der Waals surface area contributed by atoms with E-state index in [-0.39, 0.29) is 0 Å². The van der Waals surface area contributed by atoms with Crippen LogP contribution in [0.5, 0.6) is 0 Å². The van der Waals surface area contributed by atoms with E-state index in [1.54, 1.807) is 17.2 Å². The van der Waals surface area contributed by atoms with Crippen molar-refractivity contribution in [2.24, 2.45) is 0 Å². The Morgan fingerprint density at radius 1 is 0.931 bits per heavy atom. The summed E-state index contributed by atoms with van der Waals surface area (Å²) in [4.78, 5) is 33.8. The number of carbonyl (C=O) groups excluding carboxylic acids is 2. The Kier molecular flexibility index (Phi) is 5.42. The van der Waals surface area contributed by atoms with Crippen molar-refractivity contribution >= 4 is 17.5 Å². The van der Waals surface area contributed by atoms with Gasteiger partial charge in [0.05, 0.1) is 5.69 Å². The van der Waals surface area contributed by atoms with Crippen LogP contribution in [-0.2, 0) is 11.3 Å². The predicted octanol–water partition coefficient (Wildman–Crippen LogP) is 2.77. The number of ketones is 1. The number of rotatable bonds is 5. The van der Waals surface area contributed by atoms with Crippen molar-refractivity contribution in [3.8, 4) is 0 Å². The Morgan fingerprint density at radius 3 is 2.38 bits per heavy atom. The van der Waals surface area contributed by atoms with Crippen LogP contribution in [0.2, 0.25) is 0 Å². The zero-order valence-corrected chi connectivity index (χ0v) is 16.5. The summed E-state index contributed by atoms with van der Waals surface area (Å²) in [5, 5.41) is 0. The summed E-state index contributed by atoms with van der Waals surface area (Å²) >= 11 is 0. The van der Waals surface area contributed by atoms with Gasteiger partial charge in [-0.25, -0.2) is 4.98 Å². The third-order valence-corrected chi connectivity index (χ3v) is 5.27. The predicted molar refractivity (Wildman–Crippen MR) is 112 cm³/mol. The molecule has 4 rings (SSSR count). The third kappa shape index (κ3) is 4.21. The fraction of sp³-hybridized carbons (Fsp3) is 0.261. The molecule has 1 amide bonds. The van der Waals surface area contributed by atoms with E-state index in [0.29, 0.717) is 38.4 Å². The van der Waals surface area contributed by atoms with Gasteiger partial charge in [0.15, 0.2) is 0 Å². The molecule has 1 fully saturated rings. The van der Waals surface area contributed by atoms with E-state index in [1.807, 2.05) is 66.2 Å². The largest absolute Gasteiger partial charge is 0.353 e. The average molecular weight is 388 g/mol. The summed E-state index contributed by atoms with van der Waals surface area (Å²) in [6, 6.07) is 17.5. The molecule has 0 unspecified atom stereocenters. The fourth-order valence-corrected chi connectivity index (χ4v) is 3.58. The maximum absolute atomic E-state index is 12.9. The molecule has 3 heterocycles. The molecule has 2 aromatic heterocycles. The van der Waals surface area contributed by atoms with Crippen LogP contribution >= 0.6 is 0 Å². The van der Waals surface area contributed by atoms with Crippen LogP contribution in [0, 0.1) is 6.92 Å². The number of piperazine rings is 1. The highest BCUT2D eigenvalue weighted by Crippen LogP contribution is 2.15. The lowest BCUT2D eigenvalue weighted by Crippen LogP contribution is -2.51. The van der Waals surface area contributed by atoms with E-state index in [0.717, 1.165) is 11.4 Å². The second-order valence-electron chi connectivity index (χ2n) is 7.30. The summed E-state index contributed by atoms with van der Waals surface area (Å²) in [5.41, 5.74) is 2.72. The minimum Gasteiger partial charge on any atom is -0.353 e. The van der Waals surface area contributed by atoms with E-state index in [2.05, 4.69) is 9.88 Å². The minimum absolute atomic E-state index is 0.433. The minimum atomic E-state index is -0.451. The maximum atomic E-state index is 12.9. The maximum Gasteiger partial charge on any atom is 0.296 e. The monoisotopic (exact) mass is 388 g/mol. The smallest absolute Gasteiger partial charge is 0.296 e. The van der Waals surface area contributed by atoms with Gasteiger partial charge < -0.3 is 14.4 Å². The molecule has 6 nitrogen and oxygen atoms in total. The molecule has 29 heavy (non-hydrogen) atoms. The number of amides is 1. The third-order valence-electron chi connectivity index (χ3n) is 5.27. The zero-order chi connectivity index (χ0) is 20.2. The summed E-state index contributed by atoms with van der Waals surface area (Å²) in [5.74, 6) is 0.0147. The molecule has 0 aliphatic carbocycles.